The molecular formula is C26H35N3O8S2. The lowest BCUT2D eigenvalue weighted by Gasteiger charge is -2.49. The molecule has 0 unspecified atom stereocenters. The maximum absolute atomic E-state index is 13.1. The van der Waals surface area contributed by atoms with E-state index in [1.165, 1.54) is 34.9 Å². The van der Waals surface area contributed by atoms with Gasteiger partial charge in [-0.2, -0.15) is 0 Å². The van der Waals surface area contributed by atoms with Gasteiger partial charge in [-0.25, -0.2) is 9.59 Å². The molecule has 0 spiro atoms. The Bertz CT molecular complexity index is 1180. The van der Waals surface area contributed by atoms with Gasteiger partial charge in [-0.1, -0.05) is 0 Å². The molecule has 0 aliphatic carbocycles. The number of thioether (sulfide) groups is 1. The Labute approximate surface area is 236 Å². The molecule has 0 aromatic carbocycles. The number of amides is 3. The fourth-order valence-electron chi connectivity index (χ4n) is 3.83. The first-order valence-corrected chi connectivity index (χ1v) is 14.3. The molecule has 0 bridgehead atoms. The second-order valence-corrected chi connectivity index (χ2v) is 13.2. The van der Waals surface area contributed by atoms with E-state index in [9.17, 15) is 24.0 Å². The van der Waals surface area contributed by atoms with Crippen molar-refractivity contribution in [3.63, 3.8) is 0 Å². The summed E-state index contributed by atoms with van der Waals surface area (Å²) >= 11 is 2.74. The molecule has 13 heteroatoms. The molecule has 39 heavy (non-hydrogen) atoms. The Kier molecular flexibility index (Phi) is 9.37. The summed E-state index contributed by atoms with van der Waals surface area (Å²) in [6, 6.07) is 0.999. The zero-order valence-corrected chi connectivity index (χ0v) is 24.8. The number of ether oxygens (including phenoxy) is 3. The Morgan fingerprint density at radius 2 is 1.74 bits per heavy atom. The maximum Gasteiger partial charge on any atom is 0.407 e. The summed E-state index contributed by atoms with van der Waals surface area (Å²) in [5.41, 5.74) is -0.116. The van der Waals surface area contributed by atoms with Crippen LogP contribution in [0.4, 0.5) is 4.79 Å². The van der Waals surface area contributed by atoms with Crippen LogP contribution in [0.1, 0.15) is 58.9 Å². The number of carbonyl (C=O) groups excluding carboxylic acids is 5. The molecule has 1 fully saturated rings. The predicted octanol–water partition coefficient (Wildman–Crippen LogP) is 2.87. The van der Waals surface area contributed by atoms with Gasteiger partial charge in [-0.3, -0.25) is 19.3 Å². The van der Waals surface area contributed by atoms with Crippen LogP contribution < -0.4 is 10.6 Å². The normalized spacial score (nSPS) is 19.1. The number of thiophene rings is 1. The second-order valence-electron chi connectivity index (χ2n) is 11.1. The van der Waals surface area contributed by atoms with Crippen LogP contribution in [-0.2, 0) is 46.4 Å². The number of hydrogen-bond acceptors (Lipinski definition) is 10. The van der Waals surface area contributed by atoms with Crippen LogP contribution in [0.25, 0.3) is 0 Å². The molecule has 3 amide bonds. The molecule has 2 N–H and O–H groups in total. The van der Waals surface area contributed by atoms with E-state index >= 15 is 0 Å². The van der Waals surface area contributed by atoms with Crippen LogP contribution in [0, 0.1) is 0 Å². The van der Waals surface area contributed by atoms with E-state index < -0.39 is 46.6 Å². The van der Waals surface area contributed by atoms with Gasteiger partial charge >= 0.3 is 18.0 Å². The fraction of sp³-hybridized carbons (Fsp3) is 0.577. The van der Waals surface area contributed by atoms with Gasteiger partial charge in [0.25, 0.3) is 5.91 Å². The smallest absolute Gasteiger partial charge is 0.407 e. The van der Waals surface area contributed by atoms with Crippen LogP contribution in [-0.4, -0.2) is 69.7 Å². The van der Waals surface area contributed by atoms with Gasteiger partial charge in [-0.15, -0.1) is 23.1 Å². The Balaban J connectivity index is 1.65. The van der Waals surface area contributed by atoms with E-state index in [0.717, 1.165) is 10.4 Å². The summed E-state index contributed by atoms with van der Waals surface area (Å²) in [5, 5.41) is 6.79. The van der Waals surface area contributed by atoms with Crippen molar-refractivity contribution in [2.45, 2.75) is 84.0 Å². The number of carbonyl (C=O) groups is 5. The van der Waals surface area contributed by atoms with Crippen LogP contribution in [0.15, 0.2) is 22.7 Å². The van der Waals surface area contributed by atoms with E-state index in [1.54, 1.807) is 41.5 Å². The highest BCUT2D eigenvalue weighted by Crippen LogP contribution is 2.41. The first-order chi connectivity index (χ1) is 18.1. The highest BCUT2D eigenvalue weighted by Gasteiger charge is 2.54. The molecule has 0 saturated carbocycles. The number of β-lactam (4-membered cyclic amide) rings is 1. The lowest BCUT2D eigenvalue weighted by atomic mass is 10.0. The standard InChI is InChI=1S/C26H35N3O8S2/c1-14(30)35-12-16-13-39-22-19(21(32)29(22)20(16)23(33)36-25(2,3)4)28-18(31)10-17-15(8-9-38-17)11-27-24(34)37-26(5,6)7/h8-9,19,22H,10-13H2,1-7H3,(H,27,34)(H,28,31)/t19-,22-/m1/s1. The van der Waals surface area contributed by atoms with Gasteiger partial charge in [-0.05, 0) is 58.6 Å². The lowest BCUT2D eigenvalue weighted by Crippen LogP contribution is -2.71. The molecule has 2 aliphatic heterocycles. The SMILES string of the molecule is CC(=O)OCC1=C(C(=O)OC(C)(C)C)N2C(=O)[C@@H](NC(=O)Cc3sccc3CNC(=O)OC(C)(C)C)[C@H]2SC1. The Morgan fingerprint density at radius 3 is 2.36 bits per heavy atom. The third kappa shape index (κ3) is 8.21. The van der Waals surface area contributed by atoms with Crippen molar-refractivity contribution in [2.75, 3.05) is 12.4 Å². The minimum absolute atomic E-state index is 0.0244. The molecule has 1 aromatic heterocycles. The topological polar surface area (TPSA) is 140 Å². The van der Waals surface area contributed by atoms with Gasteiger partial charge in [0, 0.05) is 29.7 Å². The number of alkyl carbamates (subject to hydrolysis) is 1. The molecule has 11 nitrogen and oxygen atoms in total. The molecule has 1 aromatic rings. The minimum atomic E-state index is -0.821. The quantitative estimate of drug-likeness (QED) is 0.269. The van der Waals surface area contributed by atoms with E-state index in [-0.39, 0.29) is 31.2 Å². The first-order valence-electron chi connectivity index (χ1n) is 12.4. The number of fused-ring (bicyclic) bond motifs is 1. The molecule has 0 radical (unpaired) electrons. The first kappa shape index (κ1) is 30.5. The third-order valence-corrected chi connectivity index (χ3v) is 7.69. The molecule has 2 atom stereocenters. The zero-order valence-electron chi connectivity index (χ0n) is 23.2. The molecular weight excluding hydrogens is 546 g/mol. The average Bonchev–Trinajstić information content (AvgIpc) is 3.23. The largest absolute Gasteiger partial charge is 0.461 e. The average molecular weight is 582 g/mol. The van der Waals surface area contributed by atoms with Gasteiger partial charge in [0.2, 0.25) is 5.91 Å². The van der Waals surface area contributed by atoms with Crippen molar-refractivity contribution in [3.05, 3.63) is 33.2 Å². The summed E-state index contributed by atoms with van der Waals surface area (Å²) in [6.07, 6.45) is -0.531. The zero-order chi connectivity index (χ0) is 29.1. The number of nitrogens with zero attached hydrogens (tertiary/aromatic N) is 1. The van der Waals surface area contributed by atoms with Crippen molar-refractivity contribution < 1.29 is 38.2 Å². The summed E-state index contributed by atoms with van der Waals surface area (Å²) in [6.45, 7) is 11.8. The summed E-state index contributed by atoms with van der Waals surface area (Å²) in [7, 11) is 0. The number of esters is 2. The van der Waals surface area contributed by atoms with Crippen LogP contribution in [0.5, 0.6) is 0 Å². The van der Waals surface area contributed by atoms with Crippen molar-refractivity contribution in [1.82, 2.24) is 15.5 Å². The molecule has 214 valence electrons. The van der Waals surface area contributed by atoms with Crippen LogP contribution >= 0.6 is 23.1 Å². The number of nitrogens with one attached hydrogen (secondary N) is 2. The molecule has 2 aliphatic rings. The van der Waals surface area contributed by atoms with E-state index in [4.69, 9.17) is 14.2 Å². The van der Waals surface area contributed by atoms with Crippen molar-refractivity contribution in [3.8, 4) is 0 Å². The van der Waals surface area contributed by atoms with E-state index in [2.05, 4.69) is 10.6 Å². The predicted molar refractivity (Wildman–Crippen MR) is 146 cm³/mol. The summed E-state index contributed by atoms with van der Waals surface area (Å²) in [4.78, 5) is 64.5. The van der Waals surface area contributed by atoms with Crippen molar-refractivity contribution >= 4 is 52.9 Å². The highest BCUT2D eigenvalue weighted by atomic mass is 32.2. The van der Waals surface area contributed by atoms with Crippen LogP contribution in [0.3, 0.4) is 0 Å². The van der Waals surface area contributed by atoms with Gasteiger partial charge in [0.1, 0.15) is 34.9 Å². The Morgan fingerprint density at radius 1 is 1.08 bits per heavy atom. The molecule has 3 rings (SSSR count). The lowest BCUT2D eigenvalue weighted by molar-refractivity contribution is -0.159. The maximum atomic E-state index is 13.1. The van der Waals surface area contributed by atoms with Gasteiger partial charge in [0.15, 0.2) is 0 Å². The molecule has 1 saturated heterocycles. The highest BCUT2D eigenvalue weighted by molar-refractivity contribution is 8.00. The van der Waals surface area contributed by atoms with Gasteiger partial charge in [0.05, 0.1) is 6.42 Å². The van der Waals surface area contributed by atoms with Crippen molar-refractivity contribution in [2.24, 2.45) is 0 Å². The second kappa shape index (κ2) is 12.0. The monoisotopic (exact) mass is 581 g/mol. The number of rotatable bonds is 8. The summed E-state index contributed by atoms with van der Waals surface area (Å²) in [5.74, 6) is -1.67. The van der Waals surface area contributed by atoms with Crippen LogP contribution in [0.2, 0.25) is 0 Å². The van der Waals surface area contributed by atoms with E-state index in [1.807, 2.05) is 11.4 Å². The third-order valence-electron chi connectivity index (χ3n) is 5.39. The summed E-state index contributed by atoms with van der Waals surface area (Å²) < 4.78 is 15.9. The fourth-order valence-corrected chi connectivity index (χ4v) is 6.06. The van der Waals surface area contributed by atoms with Crippen molar-refractivity contribution in [1.29, 1.82) is 0 Å². The van der Waals surface area contributed by atoms with Gasteiger partial charge < -0.3 is 24.8 Å². The van der Waals surface area contributed by atoms with E-state index in [0.29, 0.717) is 11.3 Å². The number of hydrogen-bond donors (Lipinski definition) is 2. The molecule has 3 heterocycles. The minimum Gasteiger partial charge on any atom is -0.461 e. The Hall–Kier alpha value is -3.06.